The lowest BCUT2D eigenvalue weighted by atomic mass is 10.1. The lowest BCUT2D eigenvalue weighted by Gasteiger charge is -2.14. The Bertz CT molecular complexity index is 722. The zero-order valence-electron chi connectivity index (χ0n) is 13.4. The summed E-state index contributed by atoms with van der Waals surface area (Å²) in [5, 5.41) is 4.69. The van der Waals surface area contributed by atoms with Gasteiger partial charge in [0.25, 0.3) is 11.8 Å². The molecule has 2 amide bonds. The van der Waals surface area contributed by atoms with E-state index in [1.165, 1.54) is 17.4 Å². The minimum atomic E-state index is -0.595. The largest absolute Gasteiger partial charge is 0.490 e. The van der Waals surface area contributed by atoms with E-state index < -0.39 is 5.91 Å². The van der Waals surface area contributed by atoms with Crippen LogP contribution in [0, 0.1) is 0 Å². The second kappa shape index (κ2) is 7.28. The summed E-state index contributed by atoms with van der Waals surface area (Å²) in [6, 6.07) is 6.82. The van der Waals surface area contributed by atoms with Crippen molar-refractivity contribution in [3.8, 4) is 5.75 Å². The molecule has 1 aromatic carbocycles. The highest BCUT2D eigenvalue weighted by atomic mass is 32.1. The number of thiophene rings is 1. The highest BCUT2D eigenvalue weighted by Gasteiger charge is 2.15. The molecule has 1 heterocycles. The number of benzene rings is 1. The Hall–Kier alpha value is -2.34. The number of aryl methyl sites for hydroxylation is 1. The first kappa shape index (κ1) is 17.0. The number of hydrogen-bond donors (Lipinski definition) is 2. The zero-order chi connectivity index (χ0) is 17.0. The molecule has 0 fully saturated rings. The zero-order valence-corrected chi connectivity index (χ0v) is 14.2. The molecule has 2 aromatic rings. The fraction of sp³-hybridized carbons (Fsp3) is 0.294. The Morgan fingerprint density at radius 1 is 1.30 bits per heavy atom. The molecular weight excluding hydrogens is 312 g/mol. The Labute approximate surface area is 139 Å². The molecule has 6 heteroatoms. The number of anilines is 1. The first-order chi connectivity index (χ1) is 10.9. The summed E-state index contributed by atoms with van der Waals surface area (Å²) < 4.78 is 5.56. The Morgan fingerprint density at radius 2 is 2.04 bits per heavy atom. The molecule has 2 rings (SSSR count). The Morgan fingerprint density at radius 3 is 2.65 bits per heavy atom. The highest BCUT2D eigenvalue weighted by molar-refractivity contribution is 7.12. The number of primary amides is 1. The predicted molar refractivity (Wildman–Crippen MR) is 92.4 cm³/mol. The van der Waals surface area contributed by atoms with E-state index in [0.29, 0.717) is 16.3 Å². The van der Waals surface area contributed by atoms with E-state index in [1.54, 1.807) is 12.1 Å². The summed E-state index contributed by atoms with van der Waals surface area (Å²) in [5.41, 5.74) is 7.16. The summed E-state index contributed by atoms with van der Waals surface area (Å²) in [5.74, 6) is -0.372. The standard InChI is InChI=1S/C17H20N2O3S/c1-4-11-7-8-23-15(11)17(21)19-12-5-6-14(22-10(2)3)13(9-12)16(18)20/h5-10H,4H2,1-3H3,(H2,18,20)(H,19,21). The van der Waals surface area contributed by atoms with Crippen LogP contribution in [-0.2, 0) is 6.42 Å². The highest BCUT2D eigenvalue weighted by Crippen LogP contribution is 2.25. The molecule has 0 aliphatic rings. The van der Waals surface area contributed by atoms with Crippen LogP contribution in [0.1, 0.15) is 46.4 Å². The number of carbonyl (C=O) groups is 2. The van der Waals surface area contributed by atoms with Gasteiger partial charge in [0.1, 0.15) is 5.75 Å². The molecule has 23 heavy (non-hydrogen) atoms. The van der Waals surface area contributed by atoms with E-state index in [4.69, 9.17) is 10.5 Å². The summed E-state index contributed by atoms with van der Waals surface area (Å²) in [6.07, 6.45) is 0.715. The molecule has 0 saturated heterocycles. The third-order valence-corrected chi connectivity index (χ3v) is 4.15. The lowest BCUT2D eigenvalue weighted by Crippen LogP contribution is -2.17. The average molecular weight is 332 g/mol. The summed E-state index contributed by atoms with van der Waals surface area (Å²) in [6.45, 7) is 5.73. The van der Waals surface area contributed by atoms with E-state index in [-0.39, 0.29) is 17.6 Å². The summed E-state index contributed by atoms with van der Waals surface area (Å²) in [7, 11) is 0. The number of ether oxygens (including phenoxy) is 1. The maximum atomic E-state index is 12.4. The molecule has 122 valence electrons. The number of rotatable bonds is 6. The van der Waals surface area contributed by atoms with Crippen molar-refractivity contribution in [2.24, 2.45) is 5.73 Å². The molecule has 5 nitrogen and oxygen atoms in total. The quantitative estimate of drug-likeness (QED) is 0.850. The van der Waals surface area contributed by atoms with Gasteiger partial charge in [0, 0.05) is 5.69 Å². The van der Waals surface area contributed by atoms with E-state index in [9.17, 15) is 9.59 Å². The van der Waals surface area contributed by atoms with Crippen LogP contribution in [0.5, 0.6) is 5.75 Å². The van der Waals surface area contributed by atoms with Gasteiger partial charge in [0.2, 0.25) is 0 Å². The van der Waals surface area contributed by atoms with Crippen LogP contribution >= 0.6 is 11.3 Å². The van der Waals surface area contributed by atoms with Crippen molar-refractivity contribution in [3.63, 3.8) is 0 Å². The minimum Gasteiger partial charge on any atom is -0.490 e. The van der Waals surface area contributed by atoms with Crippen molar-refractivity contribution < 1.29 is 14.3 Å². The maximum Gasteiger partial charge on any atom is 0.266 e. The topological polar surface area (TPSA) is 81.4 Å². The van der Waals surface area contributed by atoms with Gasteiger partial charge in [-0.3, -0.25) is 9.59 Å². The molecule has 0 unspecified atom stereocenters. The van der Waals surface area contributed by atoms with Crippen molar-refractivity contribution in [2.75, 3.05) is 5.32 Å². The van der Waals surface area contributed by atoms with E-state index in [2.05, 4.69) is 5.32 Å². The van der Waals surface area contributed by atoms with Gasteiger partial charge in [-0.1, -0.05) is 6.92 Å². The molecule has 3 N–H and O–H groups in total. The van der Waals surface area contributed by atoms with Crippen LogP contribution in [0.15, 0.2) is 29.6 Å². The third-order valence-electron chi connectivity index (χ3n) is 3.20. The maximum absolute atomic E-state index is 12.4. The third kappa shape index (κ3) is 4.10. The molecule has 0 bridgehead atoms. The first-order valence-electron chi connectivity index (χ1n) is 7.40. The normalized spacial score (nSPS) is 10.6. The molecule has 0 saturated carbocycles. The van der Waals surface area contributed by atoms with Gasteiger partial charge in [0.15, 0.2) is 0 Å². The van der Waals surface area contributed by atoms with Crippen LogP contribution in [0.25, 0.3) is 0 Å². The number of nitrogens with one attached hydrogen (secondary N) is 1. The molecule has 1 aromatic heterocycles. The van der Waals surface area contributed by atoms with Crippen LogP contribution < -0.4 is 15.8 Å². The summed E-state index contributed by atoms with van der Waals surface area (Å²) >= 11 is 1.40. The van der Waals surface area contributed by atoms with Crippen molar-refractivity contribution >= 4 is 28.8 Å². The Balaban J connectivity index is 2.25. The smallest absolute Gasteiger partial charge is 0.266 e. The van der Waals surface area contributed by atoms with E-state index >= 15 is 0 Å². The number of amides is 2. The van der Waals surface area contributed by atoms with Crippen molar-refractivity contribution in [1.29, 1.82) is 0 Å². The second-order valence-corrected chi connectivity index (χ2v) is 6.24. The molecule has 0 aliphatic heterocycles. The van der Waals surface area contributed by atoms with Crippen molar-refractivity contribution in [2.45, 2.75) is 33.3 Å². The van der Waals surface area contributed by atoms with Crippen LogP contribution in [0.3, 0.4) is 0 Å². The minimum absolute atomic E-state index is 0.0771. The molecule has 0 radical (unpaired) electrons. The van der Waals surface area contributed by atoms with E-state index in [0.717, 1.165) is 12.0 Å². The molecular formula is C17H20N2O3S. The molecule has 0 aliphatic carbocycles. The van der Waals surface area contributed by atoms with Crippen LogP contribution in [-0.4, -0.2) is 17.9 Å². The molecule has 0 spiro atoms. The van der Waals surface area contributed by atoms with Gasteiger partial charge in [-0.2, -0.15) is 0 Å². The lowest BCUT2D eigenvalue weighted by molar-refractivity contribution is 0.0991. The average Bonchev–Trinajstić information content (AvgIpc) is 2.96. The van der Waals surface area contributed by atoms with Gasteiger partial charge in [-0.15, -0.1) is 11.3 Å². The van der Waals surface area contributed by atoms with Crippen molar-refractivity contribution in [3.05, 3.63) is 45.6 Å². The summed E-state index contributed by atoms with van der Waals surface area (Å²) in [4.78, 5) is 24.6. The van der Waals surface area contributed by atoms with Gasteiger partial charge in [-0.25, -0.2) is 0 Å². The number of nitrogens with two attached hydrogens (primary N) is 1. The van der Waals surface area contributed by atoms with Gasteiger partial charge in [-0.05, 0) is 55.5 Å². The predicted octanol–water partition coefficient (Wildman–Crippen LogP) is 3.45. The van der Waals surface area contributed by atoms with Gasteiger partial charge >= 0.3 is 0 Å². The SMILES string of the molecule is CCc1ccsc1C(=O)Nc1ccc(OC(C)C)c(C(N)=O)c1. The number of carbonyl (C=O) groups excluding carboxylic acids is 2. The van der Waals surface area contributed by atoms with Gasteiger partial charge < -0.3 is 15.8 Å². The first-order valence-corrected chi connectivity index (χ1v) is 8.28. The van der Waals surface area contributed by atoms with Crippen LogP contribution in [0.4, 0.5) is 5.69 Å². The van der Waals surface area contributed by atoms with Crippen molar-refractivity contribution in [1.82, 2.24) is 0 Å². The van der Waals surface area contributed by atoms with E-state index in [1.807, 2.05) is 32.2 Å². The Kier molecular flexibility index (Phi) is 5.39. The number of hydrogen-bond acceptors (Lipinski definition) is 4. The second-order valence-electron chi connectivity index (χ2n) is 5.32. The monoisotopic (exact) mass is 332 g/mol. The van der Waals surface area contributed by atoms with Crippen LogP contribution in [0.2, 0.25) is 0 Å². The fourth-order valence-corrected chi connectivity index (χ4v) is 3.05. The van der Waals surface area contributed by atoms with Gasteiger partial charge in [0.05, 0.1) is 16.5 Å². The fourth-order valence-electron chi connectivity index (χ4n) is 2.16. The molecule has 0 atom stereocenters.